The fraction of sp³-hybridized carbons (Fsp3) is 0.579. The van der Waals surface area contributed by atoms with Crippen molar-refractivity contribution in [3.63, 3.8) is 0 Å². The number of nitrogens with one attached hydrogen (secondary N) is 5. The second kappa shape index (κ2) is 8.65. The number of benzene rings is 1. The zero-order valence-electron chi connectivity index (χ0n) is 16.1. The van der Waals surface area contributed by atoms with Crippen molar-refractivity contribution in [3.05, 3.63) is 23.8 Å². The summed E-state index contributed by atoms with van der Waals surface area (Å²) in [5.41, 5.74) is 8.01. The summed E-state index contributed by atoms with van der Waals surface area (Å²) in [7, 11) is 0. The van der Waals surface area contributed by atoms with E-state index in [2.05, 4.69) is 26.8 Å². The lowest BCUT2D eigenvalue weighted by Gasteiger charge is -2.28. The zero-order chi connectivity index (χ0) is 19.0. The van der Waals surface area contributed by atoms with E-state index in [0.29, 0.717) is 23.9 Å². The van der Waals surface area contributed by atoms with Crippen LogP contribution in [0.2, 0.25) is 0 Å². The van der Waals surface area contributed by atoms with E-state index in [4.69, 9.17) is 4.74 Å². The van der Waals surface area contributed by atoms with Crippen molar-refractivity contribution in [1.82, 2.24) is 21.5 Å². The summed E-state index contributed by atoms with van der Waals surface area (Å²) < 4.78 is 5.80. The molecule has 5 N–H and O–H groups in total. The first-order valence-corrected chi connectivity index (χ1v) is 9.70. The molecule has 0 bridgehead atoms. The van der Waals surface area contributed by atoms with Crippen LogP contribution < -0.4 is 31.5 Å². The van der Waals surface area contributed by atoms with Gasteiger partial charge in [0, 0.05) is 18.5 Å². The van der Waals surface area contributed by atoms with Crippen LogP contribution >= 0.6 is 12.4 Å². The molecule has 4 rings (SSSR count). The van der Waals surface area contributed by atoms with Crippen LogP contribution in [-0.4, -0.2) is 43.1 Å². The van der Waals surface area contributed by atoms with Gasteiger partial charge in [-0.1, -0.05) is 13.0 Å². The average molecular weight is 410 g/mol. The first kappa shape index (κ1) is 20.9. The van der Waals surface area contributed by atoms with Crippen molar-refractivity contribution in [3.8, 4) is 5.75 Å². The normalized spacial score (nSPS) is 29.4. The van der Waals surface area contributed by atoms with E-state index in [1.54, 1.807) is 0 Å². The van der Waals surface area contributed by atoms with Gasteiger partial charge in [-0.3, -0.25) is 15.0 Å². The van der Waals surface area contributed by atoms with Crippen molar-refractivity contribution < 1.29 is 14.3 Å². The van der Waals surface area contributed by atoms with Crippen LogP contribution in [0.25, 0.3) is 0 Å². The quantitative estimate of drug-likeness (QED) is 0.505. The Morgan fingerprint density at radius 1 is 1.36 bits per heavy atom. The van der Waals surface area contributed by atoms with Gasteiger partial charge >= 0.3 is 0 Å². The SMILES string of the molecule is CCC1Oc2cc(C(C)NC(=O)C3NNC4CCNCC43)ccc2NC1=O.Cl. The monoisotopic (exact) mass is 409 g/mol. The second-order valence-corrected chi connectivity index (χ2v) is 7.52. The third kappa shape index (κ3) is 3.96. The molecule has 3 heterocycles. The second-order valence-electron chi connectivity index (χ2n) is 7.52. The molecular weight excluding hydrogens is 382 g/mol. The molecule has 0 aliphatic carbocycles. The van der Waals surface area contributed by atoms with Gasteiger partial charge in [-0.25, -0.2) is 5.43 Å². The molecular formula is C19H28ClN5O3. The summed E-state index contributed by atoms with van der Waals surface area (Å²) in [5.74, 6) is 0.773. The molecule has 0 saturated carbocycles. The summed E-state index contributed by atoms with van der Waals surface area (Å²) in [6.45, 7) is 5.68. The molecule has 2 amide bonds. The van der Waals surface area contributed by atoms with Crippen LogP contribution in [0, 0.1) is 5.92 Å². The summed E-state index contributed by atoms with van der Waals surface area (Å²) in [5, 5.41) is 9.33. The fourth-order valence-electron chi connectivity index (χ4n) is 4.06. The van der Waals surface area contributed by atoms with Crippen molar-refractivity contribution in [2.75, 3.05) is 18.4 Å². The number of ether oxygens (including phenoxy) is 1. The number of rotatable bonds is 4. The third-order valence-corrected chi connectivity index (χ3v) is 5.72. The van der Waals surface area contributed by atoms with Crippen molar-refractivity contribution in [2.45, 2.75) is 50.9 Å². The highest BCUT2D eigenvalue weighted by atomic mass is 35.5. The van der Waals surface area contributed by atoms with Gasteiger partial charge in [-0.15, -0.1) is 12.4 Å². The van der Waals surface area contributed by atoms with Crippen LogP contribution in [0.15, 0.2) is 18.2 Å². The maximum absolute atomic E-state index is 12.8. The van der Waals surface area contributed by atoms with Crippen molar-refractivity contribution in [1.29, 1.82) is 0 Å². The van der Waals surface area contributed by atoms with E-state index < -0.39 is 6.10 Å². The molecule has 0 radical (unpaired) electrons. The van der Waals surface area contributed by atoms with Gasteiger partial charge in [0.25, 0.3) is 5.91 Å². The summed E-state index contributed by atoms with van der Waals surface area (Å²) in [6, 6.07) is 5.56. The molecule has 2 saturated heterocycles. The van der Waals surface area contributed by atoms with Gasteiger partial charge < -0.3 is 20.7 Å². The molecule has 1 aromatic carbocycles. The minimum Gasteiger partial charge on any atom is -0.478 e. The number of carbonyl (C=O) groups excluding carboxylic acids is 2. The zero-order valence-corrected chi connectivity index (χ0v) is 16.9. The number of halogens is 1. The fourth-order valence-corrected chi connectivity index (χ4v) is 4.06. The highest BCUT2D eigenvalue weighted by molar-refractivity contribution is 5.97. The maximum Gasteiger partial charge on any atom is 0.265 e. The Labute approximate surface area is 170 Å². The van der Waals surface area contributed by atoms with Gasteiger partial charge in [0.1, 0.15) is 11.8 Å². The Bertz CT molecular complexity index is 746. The number of hydrogen-bond donors (Lipinski definition) is 5. The van der Waals surface area contributed by atoms with E-state index >= 15 is 0 Å². The number of fused-ring (bicyclic) bond motifs is 2. The Morgan fingerprint density at radius 3 is 2.96 bits per heavy atom. The number of piperidine rings is 1. The highest BCUT2D eigenvalue weighted by Crippen LogP contribution is 2.33. The molecule has 3 aliphatic rings. The van der Waals surface area contributed by atoms with Crippen LogP contribution in [0.4, 0.5) is 5.69 Å². The molecule has 1 aromatic rings. The first-order valence-electron chi connectivity index (χ1n) is 9.70. The lowest BCUT2D eigenvalue weighted by Crippen LogP contribution is -2.49. The summed E-state index contributed by atoms with van der Waals surface area (Å²) in [4.78, 5) is 24.7. The molecule has 0 spiro atoms. The Morgan fingerprint density at radius 2 is 2.18 bits per heavy atom. The topological polar surface area (TPSA) is 104 Å². The summed E-state index contributed by atoms with van der Waals surface area (Å²) >= 11 is 0. The molecule has 5 atom stereocenters. The average Bonchev–Trinajstić information content (AvgIpc) is 3.11. The van der Waals surface area contributed by atoms with Gasteiger partial charge in [0.05, 0.1) is 11.7 Å². The largest absolute Gasteiger partial charge is 0.478 e. The van der Waals surface area contributed by atoms with Crippen LogP contribution in [0.5, 0.6) is 5.75 Å². The molecule has 28 heavy (non-hydrogen) atoms. The predicted molar refractivity (Wildman–Crippen MR) is 108 cm³/mol. The van der Waals surface area contributed by atoms with E-state index in [-0.39, 0.29) is 42.2 Å². The molecule has 9 heteroatoms. The molecule has 0 aromatic heterocycles. The van der Waals surface area contributed by atoms with E-state index in [1.165, 1.54) is 0 Å². The van der Waals surface area contributed by atoms with Crippen LogP contribution in [0.3, 0.4) is 0 Å². The standard InChI is InChI=1S/C19H27N5O3.ClH/c1-3-15-18(25)22-14-5-4-11(8-16(14)27-15)10(2)21-19(26)17-12-9-20-7-6-13(12)23-24-17;/h4-5,8,10,12-13,15,17,20,23-24H,3,6-7,9H2,1-2H3,(H,21,26)(H,22,25);1H. The minimum atomic E-state index is -0.470. The van der Waals surface area contributed by atoms with E-state index in [1.807, 2.05) is 32.0 Å². The van der Waals surface area contributed by atoms with Gasteiger partial charge in [-0.2, -0.15) is 0 Å². The smallest absolute Gasteiger partial charge is 0.265 e. The molecule has 5 unspecified atom stereocenters. The summed E-state index contributed by atoms with van der Waals surface area (Å²) in [6.07, 6.45) is 1.16. The molecule has 3 aliphatic heterocycles. The van der Waals surface area contributed by atoms with Gasteiger partial charge in [-0.05, 0) is 44.0 Å². The molecule has 154 valence electrons. The van der Waals surface area contributed by atoms with Crippen LogP contribution in [0.1, 0.15) is 38.3 Å². The number of amides is 2. The Kier molecular flexibility index (Phi) is 6.44. The Hall–Kier alpha value is -1.87. The number of hydrogen-bond acceptors (Lipinski definition) is 6. The van der Waals surface area contributed by atoms with Gasteiger partial charge in [0.2, 0.25) is 5.91 Å². The molecule has 2 fully saturated rings. The number of hydrazine groups is 1. The number of carbonyl (C=O) groups is 2. The molecule has 8 nitrogen and oxygen atoms in total. The van der Waals surface area contributed by atoms with E-state index in [9.17, 15) is 9.59 Å². The lowest BCUT2D eigenvalue weighted by atomic mass is 9.89. The van der Waals surface area contributed by atoms with Gasteiger partial charge in [0.15, 0.2) is 6.10 Å². The Balaban J connectivity index is 0.00000225. The maximum atomic E-state index is 12.8. The predicted octanol–water partition coefficient (Wildman–Crippen LogP) is 0.850. The third-order valence-electron chi connectivity index (χ3n) is 5.72. The number of anilines is 1. The highest BCUT2D eigenvalue weighted by Gasteiger charge is 2.41. The lowest BCUT2D eigenvalue weighted by molar-refractivity contribution is -0.124. The minimum absolute atomic E-state index is 0. The first-order chi connectivity index (χ1) is 13.1. The van der Waals surface area contributed by atoms with E-state index in [0.717, 1.165) is 25.1 Å². The van der Waals surface area contributed by atoms with Crippen molar-refractivity contribution in [2.24, 2.45) is 5.92 Å². The van der Waals surface area contributed by atoms with Crippen LogP contribution in [-0.2, 0) is 9.59 Å². The van der Waals surface area contributed by atoms with Crippen molar-refractivity contribution >= 4 is 29.9 Å².